The second-order valence-electron chi connectivity index (χ2n) is 8.37. The van der Waals surface area contributed by atoms with Crippen molar-refractivity contribution >= 4 is 29.4 Å². The normalized spacial score (nSPS) is 20.3. The van der Waals surface area contributed by atoms with Crippen LogP contribution < -0.4 is 11.1 Å². The number of thioether (sulfide) groups is 1. The van der Waals surface area contributed by atoms with Gasteiger partial charge in [-0.2, -0.15) is 11.8 Å². The molecule has 5 atom stereocenters. The van der Waals surface area contributed by atoms with Crippen molar-refractivity contribution < 1.29 is 19.1 Å². The molecule has 1 amide bonds. The third kappa shape index (κ3) is 6.79. The average molecular weight is 468 g/mol. The molecule has 0 spiro atoms. The summed E-state index contributed by atoms with van der Waals surface area (Å²) in [5.41, 5.74) is 7.23. The highest BCUT2D eigenvalue weighted by molar-refractivity contribution is 7.98. The van der Waals surface area contributed by atoms with Gasteiger partial charge in [-0.15, -0.1) is 0 Å². The minimum absolute atomic E-state index is 0.0449. The summed E-state index contributed by atoms with van der Waals surface area (Å²) >= 11 is 1.60. The van der Waals surface area contributed by atoms with Gasteiger partial charge in [0.2, 0.25) is 5.91 Å². The van der Waals surface area contributed by atoms with Crippen LogP contribution in [0, 0.1) is 5.92 Å². The Balaban J connectivity index is 2.22. The molecule has 0 bridgehead atoms. The Morgan fingerprint density at radius 1 is 1.44 bits per heavy atom. The fourth-order valence-corrected chi connectivity index (χ4v) is 4.64. The molecule has 0 aromatic carbocycles. The zero-order valence-electron chi connectivity index (χ0n) is 19.5. The molecular weight excluding hydrogens is 430 g/mol. The maximum Gasteiger partial charge on any atom is 0.328 e. The number of esters is 1. The number of aromatic nitrogens is 2. The van der Waals surface area contributed by atoms with Gasteiger partial charge in [0, 0.05) is 12.2 Å². The number of likely N-dealkylation sites (tertiary alicyclic amines) is 1. The van der Waals surface area contributed by atoms with Crippen LogP contribution in [0.1, 0.15) is 45.2 Å². The van der Waals surface area contributed by atoms with Gasteiger partial charge in [0.05, 0.1) is 37.6 Å². The molecular formula is C22H37N5O4S. The number of nitrogens with one attached hydrogen (secondary N) is 2. The molecule has 1 aliphatic heterocycles. The summed E-state index contributed by atoms with van der Waals surface area (Å²) in [6, 6.07) is -2.22. The lowest BCUT2D eigenvalue weighted by Gasteiger charge is -2.37. The fraction of sp³-hybridized carbons (Fsp3) is 0.727. The Bertz CT molecular complexity index is 745. The number of hydrogen-bond donors (Lipinski definition) is 3. The Morgan fingerprint density at radius 2 is 2.19 bits per heavy atom. The van der Waals surface area contributed by atoms with Crippen molar-refractivity contribution in [3.63, 3.8) is 0 Å². The molecule has 0 radical (unpaired) electrons. The van der Waals surface area contributed by atoms with Gasteiger partial charge in [0.1, 0.15) is 6.04 Å². The van der Waals surface area contributed by atoms with E-state index >= 15 is 0 Å². The second kappa shape index (κ2) is 13.0. The number of carbonyl (C=O) groups excluding carboxylic acids is 3. The number of nitrogens with zero attached hydrogens (tertiary/aromatic N) is 2. The number of Topliss-reactive ketones (excluding diaryl/α,β-unsaturated/α-hetero) is 1. The van der Waals surface area contributed by atoms with Gasteiger partial charge < -0.3 is 20.8 Å². The van der Waals surface area contributed by atoms with Crippen molar-refractivity contribution in [3.8, 4) is 0 Å². The second-order valence-corrected chi connectivity index (χ2v) is 9.36. The first kappa shape index (κ1) is 26.3. The first-order chi connectivity index (χ1) is 15.3. The van der Waals surface area contributed by atoms with Gasteiger partial charge in [0.15, 0.2) is 5.78 Å². The van der Waals surface area contributed by atoms with Crippen LogP contribution in [0.3, 0.4) is 0 Å². The van der Waals surface area contributed by atoms with Crippen molar-refractivity contribution in [2.24, 2.45) is 11.7 Å². The molecule has 1 fully saturated rings. The summed E-state index contributed by atoms with van der Waals surface area (Å²) in [4.78, 5) is 47.7. The van der Waals surface area contributed by atoms with E-state index in [0.717, 1.165) is 18.6 Å². The maximum atomic E-state index is 13.4. The number of imidazole rings is 1. The standard InChI is InChI=1S/C22H37N5O4S/c1-5-14(2)19(23)20(18(28)11-15-12-24-13-25-15)27-9-6-7-17(27)21(29)26-16(8-10-32-4)22(30)31-3/h12-14,16-17,19-20H,5-11,23H2,1-4H3,(H,24,25)(H,26,29)/t14-,16-,17-,19-,20?/m0/s1. The minimum Gasteiger partial charge on any atom is -0.467 e. The van der Waals surface area contributed by atoms with Crippen LogP contribution >= 0.6 is 11.8 Å². The Labute approximate surface area is 194 Å². The molecule has 2 rings (SSSR count). The van der Waals surface area contributed by atoms with Gasteiger partial charge in [-0.1, -0.05) is 20.3 Å². The lowest BCUT2D eigenvalue weighted by molar-refractivity contribution is -0.146. The third-order valence-electron chi connectivity index (χ3n) is 6.27. The van der Waals surface area contributed by atoms with Crippen molar-refractivity contribution in [1.29, 1.82) is 0 Å². The summed E-state index contributed by atoms with van der Waals surface area (Å²) in [6.45, 7) is 4.67. The molecule has 32 heavy (non-hydrogen) atoms. The number of hydrogen-bond acceptors (Lipinski definition) is 8. The van der Waals surface area contributed by atoms with Crippen molar-refractivity contribution in [2.75, 3.05) is 25.7 Å². The van der Waals surface area contributed by atoms with E-state index in [2.05, 4.69) is 15.3 Å². The predicted octanol–water partition coefficient (Wildman–Crippen LogP) is 1.14. The van der Waals surface area contributed by atoms with Gasteiger partial charge in [-0.05, 0) is 43.7 Å². The summed E-state index contributed by atoms with van der Waals surface area (Å²) in [5, 5.41) is 2.86. The first-order valence-corrected chi connectivity index (χ1v) is 12.6. The number of rotatable bonds is 13. The van der Waals surface area contributed by atoms with E-state index in [9.17, 15) is 14.4 Å². The topological polar surface area (TPSA) is 130 Å². The van der Waals surface area contributed by atoms with Crippen LogP contribution in [0.5, 0.6) is 0 Å². The predicted molar refractivity (Wildman–Crippen MR) is 125 cm³/mol. The fourth-order valence-electron chi connectivity index (χ4n) is 4.17. The van der Waals surface area contributed by atoms with Crippen molar-refractivity contribution in [3.05, 3.63) is 18.2 Å². The molecule has 1 aliphatic rings. The van der Waals surface area contributed by atoms with Crippen LogP contribution in [0.2, 0.25) is 0 Å². The van der Waals surface area contributed by atoms with Crippen LogP contribution in [-0.2, 0) is 25.5 Å². The number of carbonyl (C=O) groups is 3. The van der Waals surface area contributed by atoms with E-state index in [-0.39, 0.29) is 24.0 Å². The number of methoxy groups -OCH3 is 1. The van der Waals surface area contributed by atoms with Gasteiger partial charge in [0.25, 0.3) is 0 Å². The molecule has 180 valence electrons. The van der Waals surface area contributed by atoms with Crippen LogP contribution in [0.25, 0.3) is 0 Å². The summed E-state index contributed by atoms with van der Waals surface area (Å²) in [7, 11) is 1.32. The minimum atomic E-state index is -0.705. The number of ether oxygens (including phenoxy) is 1. The van der Waals surface area contributed by atoms with Gasteiger partial charge in [-0.3, -0.25) is 14.5 Å². The van der Waals surface area contributed by atoms with E-state index in [1.54, 1.807) is 24.3 Å². The van der Waals surface area contributed by atoms with Gasteiger partial charge >= 0.3 is 5.97 Å². The molecule has 1 unspecified atom stereocenters. The van der Waals surface area contributed by atoms with Crippen LogP contribution in [-0.4, -0.2) is 82.4 Å². The van der Waals surface area contributed by atoms with E-state index in [1.165, 1.54) is 7.11 Å². The Morgan fingerprint density at radius 3 is 2.78 bits per heavy atom. The highest BCUT2D eigenvalue weighted by atomic mass is 32.2. The molecule has 1 aromatic rings. The smallest absolute Gasteiger partial charge is 0.328 e. The Hall–Kier alpha value is -1.91. The zero-order chi connectivity index (χ0) is 23.7. The largest absolute Gasteiger partial charge is 0.467 e. The zero-order valence-corrected chi connectivity index (χ0v) is 20.3. The lowest BCUT2D eigenvalue weighted by Crippen LogP contribution is -2.60. The first-order valence-electron chi connectivity index (χ1n) is 11.2. The number of aromatic amines is 1. The van der Waals surface area contributed by atoms with Gasteiger partial charge in [-0.25, -0.2) is 9.78 Å². The molecule has 9 nitrogen and oxygen atoms in total. The lowest BCUT2D eigenvalue weighted by atomic mass is 9.88. The Kier molecular flexibility index (Phi) is 10.7. The van der Waals surface area contributed by atoms with Crippen LogP contribution in [0.15, 0.2) is 12.5 Å². The SMILES string of the molecule is CC[C@H](C)[C@H](N)C(C(=O)Cc1c[nH]cn1)N1CCC[C@H]1C(=O)N[C@@H](CCSC)C(=O)OC. The summed E-state index contributed by atoms with van der Waals surface area (Å²) in [5.74, 6) is 0.0682. The number of ketones is 1. The number of amides is 1. The molecule has 4 N–H and O–H groups in total. The molecule has 1 saturated heterocycles. The average Bonchev–Trinajstić information content (AvgIpc) is 3.47. The number of H-pyrrole nitrogens is 1. The number of nitrogens with two attached hydrogens (primary N) is 1. The summed E-state index contributed by atoms with van der Waals surface area (Å²) < 4.78 is 4.87. The molecule has 2 heterocycles. The summed E-state index contributed by atoms with van der Waals surface area (Å²) in [6.07, 6.45) is 8.05. The molecule has 0 aliphatic carbocycles. The highest BCUT2D eigenvalue weighted by Crippen LogP contribution is 2.26. The van der Waals surface area contributed by atoms with E-state index in [1.807, 2.05) is 25.0 Å². The molecule has 1 aromatic heterocycles. The molecule has 0 saturated carbocycles. The highest BCUT2D eigenvalue weighted by Gasteiger charge is 2.43. The van der Waals surface area contributed by atoms with E-state index in [4.69, 9.17) is 10.5 Å². The van der Waals surface area contributed by atoms with E-state index in [0.29, 0.717) is 25.1 Å². The monoisotopic (exact) mass is 467 g/mol. The van der Waals surface area contributed by atoms with Crippen molar-refractivity contribution in [2.45, 2.75) is 70.1 Å². The maximum absolute atomic E-state index is 13.4. The molecule has 10 heteroatoms. The third-order valence-corrected chi connectivity index (χ3v) is 6.92. The quantitative estimate of drug-likeness (QED) is 0.368. The van der Waals surface area contributed by atoms with E-state index < -0.39 is 30.1 Å². The van der Waals surface area contributed by atoms with Crippen LogP contribution in [0.4, 0.5) is 0 Å². The van der Waals surface area contributed by atoms with Crippen molar-refractivity contribution in [1.82, 2.24) is 20.2 Å².